The molecular formula is C51H80FNO5Si. The summed E-state index contributed by atoms with van der Waals surface area (Å²) in [5.74, 6) is 2.13. The van der Waals surface area contributed by atoms with Gasteiger partial charge in [0, 0.05) is 20.0 Å². The van der Waals surface area contributed by atoms with Crippen molar-refractivity contribution in [3.05, 3.63) is 47.8 Å². The zero-order chi connectivity index (χ0) is 43.4. The average Bonchev–Trinajstić information content (AvgIpc) is 3.50. The molecule has 1 aromatic carbocycles. The number of hydrogen-bond acceptors (Lipinski definition) is 5. The molecular weight excluding hydrogens is 754 g/mol. The first kappa shape index (κ1) is 46.0. The van der Waals surface area contributed by atoms with Crippen molar-refractivity contribution in [2.75, 3.05) is 13.2 Å². The second kappa shape index (κ2) is 16.7. The topological polar surface area (TPSA) is 81.7 Å². The Morgan fingerprint density at radius 3 is 2.19 bits per heavy atom. The number of nitrogens with one attached hydrogen (secondary N) is 1. The first-order valence-electron chi connectivity index (χ1n) is 23.4. The van der Waals surface area contributed by atoms with E-state index < -0.39 is 13.5 Å². The van der Waals surface area contributed by atoms with Crippen LogP contribution < -0.4 is 5.32 Å². The van der Waals surface area contributed by atoms with Crippen molar-refractivity contribution in [3.63, 3.8) is 0 Å². The van der Waals surface area contributed by atoms with E-state index in [1.165, 1.54) is 62.7 Å². The number of esters is 2. The molecule has 0 aromatic heterocycles. The van der Waals surface area contributed by atoms with E-state index >= 15 is 0 Å². The normalized spacial score (nSPS) is 36.3. The fraction of sp³-hybridized carbons (Fsp3) is 0.784. The quantitative estimate of drug-likeness (QED) is 0.115. The number of fused-ring (bicyclic) bond motifs is 7. The molecule has 0 radical (unpaired) electrons. The highest BCUT2D eigenvalue weighted by molar-refractivity contribution is 6.76. The molecule has 59 heavy (non-hydrogen) atoms. The SMILES string of the molecule is C=C(C)[C@@H]1CC[C@]2(CCNC(=O)Cc3ccc(F)cc3)CC[C@]3(C)C(CCC4[C@@]5(C)CC[C@H](OC(=O)CC(C)(C)CC(=O)OCC[Si](C)(C)C)C(C)(C)C5CC[C@]43C)C12. The minimum absolute atomic E-state index is 0.0130. The van der Waals surface area contributed by atoms with E-state index in [0.717, 1.165) is 37.3 Å². The molecule has 6 rings (SSSR count). The third-order valence-electron chi connectivity index (χ3n) is 18.0. The molecule has 8 heteroatoms. The zero-order valence-corrected chi connectivity index (χ0v) is 39.9. The Balaban J connectivity index is 1.12. The van der Waals surface area contributed by atoms with Gasteiger partial charge in [-0.15, -0.1) is 0 Å². The van der Waals surface area contributed by atoms with Crippen molar-refractivity contribution >= 4 is 25.9 Å². The second-order valence-electron chi connectivity index (χ2n) is 23.8. The fourth-order valence-electron chi connectivity index (χ4n) is 14.8. The van der Waals surface area contributed by atoms with Crippen LogP contribution in [0.3, 0.4) is 0 Å². The van der Waals surface area contributed by atoms with E-state index in [1.54, 1.807) is 12.1 Å². The summed E-state index contributed by atoms with van der Waals surface area (Å²) in [6.07, 6.45) is 13.3. The van der Waals surface area contributed by atoms with Gasteiger partial charge < -0.3 is 14.8 Å². The van der Waals surface area contributed by atoms with Gasteiger partial charge in [-0.2, -0.15) is 0 Å². The van der Waals surface area contributed by atoms with Crippen LogP contribution in [0.2, 0.25) is 25.7 Å². The third-order valence-corrected chi connectivity index (χ3v) is 19.7. The third kappa shape index (κ3) is 9.05. The number of amides is 1. The van der Waals surface area contributed by atoms with E-state index in [2.05, 4.69) is 73.1 Å². The highest BCUT2D eigenvalue weighted by atomic mass is 28.3. The van der Waals surface area contributed by atoms with Gasteiger partial charge in [-0.3, -0.25) is 14.4 Å². The lowest BCUT2D eigenvalue weighted by molar-refractivity contribution is -0.250. The predicted molar refractivity (Wildman–Crippen MR) is 239 cm³/mol. The van der Waals surface area contributed by atoms with E-state index in [9.17, 15) is 18.8 Å². The van der Waals surface area contributed by atoms with Gasteiger partial charge in [-0.25, -0.2) is 4.39 Å². The molecule has 5 saturated carbocycles. The lowest BCUT2D eigenvalue weighted by Crippen LogP contribution is -2.66. The van der Waals surface area contributed by atoms with E-state index in [0.29, 0.717) is 42.7 Å². The molecule has 5 aliphatic rings. The molecule has 6 nitrogen and oxygen atoms in total. The van der Waals surface area contributed by atoms with Crippen LogP contribution in [0.5, 0.6) is 0 Å². The number of halogens is 1. The minimum atomic E-state index is -1.29. The number of rotatable bonds is 14. The molecule has 0 saturated heterocycles. The summed E-state index contributed by atoms with van der Waals surface area (Å²) >= 11 is 0. The summed E-state index contributed by atoms with van der Waals surface area (Å²) in [4.78, 5) is 39.4. The number of benzene rings is 1. The van der Waals surface area contributed by atoms with E-state index in [1.807, 2.05) is 13.8 Å². The zero-order valence-electron chi connectivity index (χ0n) is 38.9. The summed E-state index contributed by atoms with van der Waals surface area (Å²) in [5, 5.41) is 3.26. The van der Waals surface area contributed by atoms with Crippen molar-refractivity contribution < 1.29 is 28.2 Å². The van der Waals surface area contributed by atoms with Crippen LogP contribution >= 0.6 is 0 Å². The maximum Gasteiger partial charge on any atom is 0.306 e. The first-order chi connectivity index (χ1) is 27.4. The van der Waals surface area contributed by atoms with Gasteiger partial charge in [0.25, 0.3) is 0 Å². The lowest BCUT2D eigenvalue weighted by atomic mass is 9.32. The molecule has 5 aliphatic carbocycles. The van der Waals surface area contributed by atoms with Gasteiger partial charge in [-0.05, 0) is 158 Å². The number of carbonyl (C=O) groups is 3. The van der Waals surface area contributed by atoms with Gasteiger partial charge >= 0.3 is 11.9 Å². The maximum absolute atomic E-state index is 13.6. The molecule has 0 spiro atoms. The summed E-state index contributed by atoms with van der Waals surface area (Å²) in [6, 6.07) is 7.20. The van der Waals surface area contributed by atoms with Crippen LogP contribution in [0.4, 0.5) is 4.39 Å². The van der Waals surface area contributed by atoms with Gasteiger partial charge in [0.1, 0.15) is 11.9 Å². The minimum Gasteiger partial charge on any atom is -0.466 e. The molecule has 1 aromatic rings. The van der Waals surface area contributed by atoms with Crippen molar-refractivity contribution in [1.29, 1.82) is 0 Å². The Morgan fingerprint density at radius 1 is 0.847 bits per heavy atom. The Bertz CT molecular complexity index is 1730. The number of hydrogen-bond donors (Lipinski definition) is 1. The summed E-state index contributed by atoms with van der Waals surface area (Å²) in [7, 11) is -1.29. The Hall–Kier alpha value is -2.48. The molecule has 10 atom stereocenters. The summed E-state index contributed by atoms with van der Waals surface area (Å²) in [5.41, 5.74) is 2.31. The lowest BCUT2D eigenvalue weighted by Gasteiger charge is -2.73. The van der Waals surface area contributed by atoms with Gasteiger partial charge in [0.2, 0.25) is 5.91 Å². The van der Waals surface area contributed by atoms with Gasteiger partial charge in [0.05, 0.1) is 25.9 Å². The molecule has 1 N–H and O–H groups in total. The molecule has 1 amide bonds. The molecule has 0 aliphatic heterocycles. The Kier molecular flexibility index (Phi) is 13.0. The standard InChI is InChI=1S/C51H80FNO5Si/c1-34(2)37-19-24-51(27-28-53-42(54)31-35-13-15-36(52)16-14-35)26-25-49(8)38(45(37)51)17-18-40-48(7)22-21-41(47(5,6)39(48)20-23-50(40,49)9)58-44(56)33-46(3,4)32-43(55)57-29-30-59(10,11)12/h13-16,37-41,45H,1,17-33H2,2-12H3,(H,53,54)/t37-,38?,39?,40?,41-,45?,48-,49+,50+,51+/m0/s1. The summed E-state index contributed by atoms with van der Waals surface area (Å²) < 4.78 is 25.5. The van der Waals surface area contributed by atoms with Crippen LogP contribution in [0.1, 0.15) is 144 Å². The smallest absolute Gasteiger partial charge is 0.306 e. The fourth-order valence-corrected chi connectivity index (χ4v) is 15.5. The van der Waals surface area contributed by atoms with E-state index in [4.69, 9.17) is 9.47 Å². The highest BCUT2D eigenvalue weighted by Crippen LogP contribution is 2.78. The molecule has 0 heterocycles. The van der Waals surface area contributed by atoms with Crippen LogP contribution in [0.15, 0.2) is 36.4 Å². The predicted octanol–water partition coefficient (Wildman–Crippen LogP) is 12.1. The Labute approximate surface area is 358 Å². The van der Waals surface area contributed by atoms with Gasteiger partial charge in [0.15, 0.2) is 0 Å². The van der Waals surface area contributed by atoms with Crippen molar-refractivity contribution in [3.8, 4) is 0 Å². The number of carbonyl (C=O) groups excluding carboxylic acids is 3. The molecule has 4 unspecified atom stereocenters. The van der Waals surface area contributed by atoms with Crippen LogP contribution in [0, 0.1) is 67.9 Å². The molecule has 5 fully saturated rings. The van der Waals surface area contributed by atoms with Gasteiger partial charge in [-0.1, -0.05) is 92.4 Å². The number of ether oxygens (including phenoxy) is 2. The maximum atomic E-state index is 13.6. The van der Waals surface area contributed by atoms with Crippen molar-refractivity contribution in [2.45, 2.75) is 177 Å². The van der Waals surface area contributed by atoms with Crippen LogP contribution in [0.25, 0.3) is 0 Å². The Morgan fingerprint density at radius 2 is 1.53 bits per heavy atom. The molecule has 0 bridgehead atoms. The van der Waals surface area contributed by atoms with Crippen molar-refractivity contribution in [1.82, 2.24) is 5.32 Å². The van der Waals surface area contributed by atoms with Crippen LogP contribution in [-0.2, 0) is 30.3 Å². The largest absolute Gasteiger partial charge is 0.466 e. The molecule has 330 valence electrons. The monoisotopic (exact) mass is 834 g/mol. The summed E-state index contributed by atoms with van der Waals surface area (Å²) in [6.45, 7) is 31.5. The second-order valence-corrected chi connectivity index (χ2v) is 29.5. The highest BCUT2D eigenvalue weighted by Gasteiger charge is 2.71. The van der Waals surface area contributed by atoms with Crippen molar-refractivity contribution in [2.24, 2.45) is 62.1 Å². The number of allylic oxidation sites excluding steroid dienone is 1. The van der Waals surface area contributed by atoms with Crippen LogP contribution in [-0.4, -0.2) is 45.2 Å². The average molecular weight is 834 g/mol. The van der Waals surface area contributed by atoms with E-state index in [-0.39, 0.29) is 76.1 Å². The first-order valence-corrected chi connectivity index (χ1v) is 27.1.